The van der Waals surface area contributed by atoms with Gasteiger partial charge in [-0.25, -0.2) is 4.79 Å². The van der Waals surface area contributed by atoms with E-state index in [1.54, 1.807) is 0 Å². The first kappa shape index (κ1) is 46.2. The largest absolute Gasteiger partial charge is 0.461 e. The van der Waals surface area contributed by atoms with Gasteiger partial charge in [-0.3, -0.25) is 0 Å². The summed E-state index contributed by atoms with van der Waals surface area (Å²) in [5.41, 5.74) is -1.97. The number of halogens is 29. The Bertz CT molecular complexity index is 1270. The zero-order valence-electron chi connectivity index (χ0n) is 21.5. The Balaban J connectivity index is 7.86. The maximum atomic E-state index is 14.5. The van der Waals surface area contributed by atoms with Crippen molar-refractivity contribution < 1.29 is 137 Å². The number of carbonyl (C=O) groups excluding carboxylic acids is 1. The van der Waals surface area contributed by atoms with E-state index < -0.39 is 94.9 Å². The zero-order chi connectivity index (χ0) is 40.9. The molecule has 0 radical (unpaired) electrons. The lowest BCUT2D eigenvalue weighted by Crippen LogP contribution is -2.80. The monoisotopic (exact) mass is 804 g/mol. The van der Waals surface area contributed by atoms with E-state index in [9.17, 15) is 132 Å². The van der Waals surface area contributed by atoms with Gasteiger partial charge in [0.1, 0.15) is 0 Å². The van der Waals surface area contributed by atoms with Crippen LogP contribution in [0.2, 0.25) is 0 Å². The fourth-order valence-electron chi connectivity index (χ4n) is 2.68. The van der Waals surface area contributed by atoms with Crippen molar-refractivity contribution in [2.24, 2.45) is 0 Å². The maximum Gasteiger partial charge on any atom is 0.461 e. The Morgan fingerprint density at radius 3 is 0.714 bits per heavy atom. The molecule has 0 aliphatic rings. The fourth-order valence-corrected chi connectivity index (χ4v) is 2.68. The third-order valence-electron chi connectivity index (χ3n) is 5.65. The van der Waals surface area contributed by atoms with E-state index >= 15 is 0 Å². The second kappa shape index (κ2) is 11.3. The van der Waals surface area contributed by atoms with Crippen molar-refractivity contribution in [3.05, 3.63) is 12.2 Å². The van der Waals surface area contributed by atoms with Gasteiger partial charge in [0, 0.05) is 5.57 Å². The molecule has 0 aliphatic carbocycles. The van der Waals surface area contributed by atoms with Crippen LogP contribution < -0.4 is 0 Å². The van der Waals surface area contributed by atoms with E-state index in [4.69, 9.17) is 0 Å². The van der Waals surface area contributed by atoms with Gasteiger partial charge in [-0.1, -0.05) is 6.58 Å². The molecule has 0 aromatic carbocycles. The molecule has 49 heavy (non-hydrogen) atoms. The molecule has 0 fully saturated rings. The summed E-state index contributed by atoms with van der Waals surface area (Å²) < 4.78 is 391. The van der Waals surface area contributed by atoms with E-state index in [1.807, 2.05) is 4.74 Å². The SMILES string of the molecule is C=C(C)C(=O)OC(F)(C(F)(F)C(F)(F)F)C(F)(F)C(F)(F)C(F)(F)C(F)(F)C(F)(F)C(F)(F)C(F)(F)C(F)(F)C(F)(F)C(F)(F)C(F)(F)F. The van der Waals surface area contributed by atoms with Gasteiger partial charge < -0.3 is 4.74 Å². The zero-order valence-corrected chi connectivity index (χ0v) is 21.5. The number of rotatable bonds is 13. The molecule has 292 valence electrons. The molecule has 0 N–H and O–H groups in total. The van der Waals surface area contributed by atoms with Gasteiger partial charge in [0.05, 0.1) is 0 Å². The van der Waals surface area contributed by atoms with E-state index in [2.05, 4.69) is 6.58 Å². The molecule has 0 aromatic heterocycles. The minimum atomic E-state index is -9.99. The quantitative estimate of drug-likeness (QED) is 0.105. The lowest BCUT2D eigenvalue weighted by Gasteiger charge is -2.47. The van der Waals surface area contributed by atoms with Crippen LogP contribution in [0.15, 0.2) is 12.2 Å². The molecule has 0 aromatic rings. The van der Waals surface area contributed by atoms with Crippen LogP contribution in [-0.2, 0) is 9.53 Å². The second-order valence-corrected chi connectivity index (χ2v) is 9.08. The van der Waals surface area contributed by atoms with Gasteiger partial charge in [-0.15, -0.1) is 0 Å². The first-order valence-electron chi connectivity index (χ1n) is 10.4. The Morgan fingerprint density at radius 1 is 0.347 bits per heavy atom. The van der Waals surface area contributed by atoms with Crippen molar-refractivity contribution in [1.29, 1.82) is 0 Å². The van der Waals surface area contributed by atoms with Crippen LogP contribution in [0.5, 0.6) is 0 Å². The summed E-state index contributed by atoms with van der Waals surface area (Å²) in [7, 11) is 0. The van der Waals surface area contributed by atoms with Gasteiger partial charge in [0.2, 0.25) is 0 Å². The van der Waals surface area contributed by atoms with Crippen molar-refractivity contribution in [3.8, 4) is 0 Å². The minimum absolute atomic E-state index is 0.111. The van der Waals surface area contributed by atoms with Crippen molar-refractivity contribution in [3.63, 3.8) is 0 Å². The highest BCUT2D eigenvalue weighted by molar-refractivity contribution is 5.87. The molecule has 0 spiro atoms. The van der Waals surface area contributed by atoms with Crippen LogP contribution in [0.3, 0.4) is 0 Å². The molecule has 2 nitrogen and oxygen atoms in total. The minimum Gasteiger partial charge on any atom is -0.413 e. The van der Waals surface area contributed by atoms with Crippen molar-refractivity contribution in [2.75, 3.05) is 0 Å². The molecule has 0 rings (SSSR count). The Morgan fingerprint density at radius 2 is 0.531 bits per heavy atom. The predicted molar refractivity (Wildman–Crippen MR) is 91.3 cm³/mol. The van der Waals surface area contributed by atoms with Crippen molar-refractivity contribution in [2.45, 2.75) is 90.3 Å². The molecule has 1 atom stereocenters. The molecule has 0 saturated carbocycles. The summed E-state index contributed by atoms with van der Waals surface area (Å²) in [4.78, 5) is 11.1. The fraction of sp³-hybridized carbons (Fsp3) is 0.833. The molecular formula is C18H5F29O2. The first-order chi connectivity index (χ1) is 20.6. The number of esters is 1. The van der Waals surface area contributed by atoms with E-state index in [1.165, 1.54) is 0 Å². The molecule has 0 saturated heterocycles. The highest BCUT2D eigenvalue weighted by atomic mass is 19.4. The van der Waals surface area contributed by atoms with Crippen LogP contribution in [0, 0.1) is 0 Å². The average molecular weight is 804 g/mol. The summed E-state index contributed by atoms with van der Waals surface area (Å²) >= 11 is 0. The Hall–Kier alpha value is -2.82. The molecule has 0 heterocycles. The average Bonchev–Trinajstić information content (AvgIpc) is 2.85. The summed E-state index contributed by atoms with van der Waals surface area (Å²) in [6.07, 6.45) is -16.6. The molecule has 0 aliphatic heterocycles. The van der Waals surface area contributed by atoms with Crippen LogP contribution in [-0.4, -0.2) is 89.3 Å². The first-order valence-corrected chi connectivity index (χ1v) is 10.4. The summed E-state index contributed by atoms with van der Waals surface area (Å²) in [5.74, 6) is -117. The molecule has 0 bridgehead atoms. The van der Waals surface area contributed by atoms with Crippen molar-refractivity contribution in [1.82, 2.24) is 0 Å². The standard InChI is InChI=1S/C18H5F29O2/c1-3(2)4(48)49-16(41,15(39,40)18(45,46)47)13(35,36)11(31,32)9(27,28)7(23,24)5(19,20)6(21,22)8(25,26)10(29,30)12(33,34)14(37,38)17(42,43)44/h1H2,2H3. The van der Waals surface area contributed by atoms with Gasteiger partial charge >= 0.3 is 89.3 Å². The normalized spacial score (nSPS) is 17.5. The van der Waals surface area contributed by atoms with Crippen molar-refractivity contribution >= 4 is 5.97 Å². The highest BCUT2D eigenvalue weighted by Gasteiger charge is 3.01. The number of hydrogen-bond donors (Lipinski definition) is 0. The molecule has 0 amide bonds. The maximum absolute atomic E-state index is 14.5. The van der Waals surface area contributed by atoms with Gasteiger partial charge in [0.15, 0.2) is 0 Å². The third-order valence-corrected chi connectivity index (χ3v) is 5.65. The summed E-state index contributed by atoms with van der Waals surface area (Å²) in [6.45, 7) is 2.01. The van der Waals surface area contributed by atoms with Crippen LogP contribution >= 0.6 is 0 Å². The molecule has 31 heteroatoms. The van der Waals surface area contributed by atoms with E-state index in [0.29, 0.717) is 0 Å². The second-order valence-electron chi connectivity index (χ2n) is 9.08. The molecule has 1 unspecified atom stereocenters. The number of carbonyl (C=O) groups is 1. The third kappa shape index (κ3) is 5.55. The van der Waals surface area contributed by atoms with Crippen LogP contribution in [0.1, 0.15) is 6.92 Å². The van der Waals surface area contributed by atoms with Gasteiger partial charge in [0.25, 0.3) is 0 Å². The van der Waals surface area contributed by atoms with Gasteiger partial charge in [-0.05, 0) is 6.92 Å². The Labute approximate surface area is 246 Å². The van der Waals surface area contributed by atoms with Gasteiger partial charge in [-0.2, -0.15) is 127 Å². The summed E-state index contributed by atoms with van der Waals surface area (Å²) in [6, 6.07) is 0. The number of ether oxygens (including phenoxy) is 1. The van der Waals surface area contributed by atoms with Crippen LogP contribution in [0.25, 0.3) is 0 Å². The van der Waals surface area contributed by atoms with E-state index in [-0.39, 0.29) is 6.92 Å². The molecular weight excluding hydrogens is 799 g/mol. The topological polar surface area (TPSA) is 26.3 Å². The van der Waals surface area contributed by atoms with E-state index in [0.717, 1.165) is 0 Å². The lowest BCUT2D eigenvalue weighted by molar-refractivity contribution is -0.494. The predicted octanol–water partition coefficient (Wildman–Crippen LogP) is 9.88. The highest BCUT2D eigenvalue weighted by Crippen LogP contribution is 2.69. The smallest absolute Gasteiger partial charge is 0.413 e. The number of alkyl halides is 29. The summed E-state index contributed by atoms with van der Waals surface area (Å²) in [5, 5.41) is 0. The Kier molecular flexibility index (Phi) is 10.7. The number of hydrogen-bond acceptors (Lipinski definition) is 2. The lowest BCUT2D eigenvalue weighted by atomic mass is 9.83. The van der Waals surface area contributed by atoms with Crippen LogP contribution in [0.4, 0.5) is 127 Å².